The molecule has 31 heavy (non-hydrogen) atoms. The molecule has 0 bridgehead atoms. The Hall–Kier alpha value is -3.16. The van der Waals surface area contributed by atoms with Crippen LogP contribution in [0.4, 0.5) is 5.69 Å². The molecule has 5 nitrogen and oxygen atoms in total. The number of rotatable bonds is 2. The average molecular weight is 540 g/mol. The van der Waals surface area contributed by atoms with E-state index in [0.29, 0.717) is 11.0 Å². The summed E-state index contributed by atoms with van der Waals surface area (Å²) in [5, 5.41) is 6.82. The topological polar surface area (TPSA) is 67.7 Å². The average Bonchev–Trinajstić information content (AvgIpc) is 2.79. The summed E-state index contributed by atoms with van der Waals surface area (Å²) in [5.74, 6) is 0. The molecule has 0 aliphatic heterocycles. The van der Waals surface area contributed by atoms with Crippen molar-refractivity contribution in [3.8, 4) is 0 Å². The molecular weight excluding hydrogens is 524 g/mol. The van der Waals surface area contributed by atoms with Gasteiger partial charge in [0.2, 0.25) is 0 Å². The zero-order valence-electron chi connectivity index (χ0n) is 16.1. The molecule has 0 amide bonds. The first kappa shape index (κ1) is 21.1. The fourth-order valence-electron chi connectivity index (χ4n) is 2.86. The van der Waals surface area contributed by atoms with Gasteiger partial charge in [0.15, 0.2) is 5.43 Å². The number of benzene rings is 3. The van der Waals surface area contributed by atoms with Crippen LogP contribution in [-0.4, -0.2) is 0 Å². The third kappa shape index (κ3) is 5.31. The van der Waals surface area contributed by atoms with Gasteiger partial charge < -0.3 is 8.83 Å². The second kappa shape index (κ2) is 9.76. The Labute approximate surface area is 194 Å². The molecule has 5 rings (SSSR count). The molecule has 0 atom stereocenters. The number of hydrogen-bond acceptors (Lipinski definition) is 5. The third-order valence-corrected chi connectivity index (χ3v) is 5.33. The summed E-state index contributed by atoms with van der Waals surface area (Å²) in [4.78, 5) is 11.3. The van der Waals surface area contributed by atoms with E-state index in [9.17, 15) is 4.79 Å². The van der Waals surface area contributed by atoms with Crippen molar-refractivity contribution in [3.63, 3.8) is 0 Å². The van der Waals surface area contributed by atoms with Gasteiger partial charge in [0, 0.05) is 26.5 Å². The molecule has 0 spiro atoms. The highest BCUT2D eigenvalue weighted by atomic mass is 79.9. The van der Waals surface area contributed by atoms with Crippen molar-refractivity contribution in [1.29, 1.82) is 0 Å². The van der Waals surface area contributed by atoms with Crippen LogP contribution in [0.2, 0.25) is 0 Å². The fourth-order valence-corrected chi connectivity index (χ4v) is 3.58. The second-order valence-corrected chi connectivity index (χ2v) is 8.29. The molecule has 0 aliphatic carbocycles. The van der Waals surface area contributed by atoms with E-state index in [2.05, 4.69) is 42.4 Å². The van der Waals surface area contributed by atoms with E-state index >= 15 is 0 Å². The van der Waals surface area contributed by atoms with Crippen molar-refractivity contribution in [2.75, 3.05) is 5.43 Å². The minimum atomic E-state index is -0.0162. The fraction of sp³-hybridized carbons (Fsp3) is 0. The first-order valence-corrected chi connectivity index (χ1v) is 10.9. The van der Waals surface area contributed by atoms with Gasteiger partial charge in [-0.2, -0.15) is 5.10 Å². The normalized spacial score (nSPS) is 11.2. The quantitative estimate of drug-likeness (QED) is 0.254. The number of hydrogen-bond donors (Lipinski definition) is 1. The zero-order valence-corrected chi connectivity index (χ0v) is 19.3. The molecule has 0 unspecified atom stereocenters. The number of nitrogens with zero attached hydrogens (tertiary/aromatic N) is 1. The zero-order chi connectivity index (χ0) is 21.6. The maximum atomic E-state index is 11.3. The molecule has 2 heterocycles. The van der Waals surface area contributed by atoms with E-state index in [4.69, 9.17) is 8.83 Å². The van der Waals surface area contributed by atoms with Gasteiger partial charge in [-0.1, -0.05) is 50.1 Å². The highest BCUT2D eigenvalue weighted by molar-refractivity contribution is 9.10. The van der Waals surface area contributed by atoms with E-state index in [1.54, 1.807) is 18.4 Å². The Kier molecular flexibility index (Phi) is 6.64. The first-order chi connectivity index (χ1) is 15.1. The Morgan fingerprint density at radius 2 is 1.32 bits per heavy atom. The number of anilines is 1. The third-order valence-electron chi connectivity index (χ3n) is 4.34. The van der Waals surface area contributed by atoms with E-state index in [1.807, 2.05) is 60.7 Å². The molecule has 0 saturated carbocycles. The van der Waals surface area contributed by atoms with Gasteiger partial charge in [-0.15, -0.1) is 0 Å². The maximum absolute atomic E-state index is 11.3. The molecule has 0 aliphatic rings. The Morgan fingerprint density at radius 3 is 2.03 bits per heavy atom. The lowest BCUT2D eigenvalue weighted by atomic mass is 10.2. The molecule has 154 valence electrons. The van der Waals surface area contributed by atoms with Crippen molar-refractivity contribution < 1.29 is 8.83 Å². The summed E-state index contributed by atoms with van der Waals surface area (Å²) >= 11 is 6.74. The van der Waals surface area contributed by atoms with E-state index in [1.165, 1.54) is 12.3 Å². The standard InChI is InChI=1S/C15H11BrN2O.C9H5BrO2/c16-11-6-7-15-13(10-11)14(8-9-19-15)18-17-12-4-2-1-3-5-12;10-6-1-2-9-7(5-6)8(11)3-4-12-9/h1-10,17H;1-5H. The molecule has 3 aromatic carbocycles. The predicted octanol–water partition coefficient (Wildman–Crippen LogP) is 6.68. The van der Waals surface area contributed by atoms with Crippen LogP contribution in [-0.2, 0) is 0 Å². The summed E-state index contributed by atoms with van der Waals surface area (Å²) in [7, 11) is 0. The van der Waals surface area contributed by atoms with Crippen molar-refractivity contribution in [1.82, 2.24) is 0 Å². The van der Waals surface area contributed by atoms with Gasteiger partial charge in [0.25, 0.3) is 0 Å². The summed E-state index contributed by atoms with van der Waals surface area (Å²) in [6.07, 6.45) is 3.04. The number of halogens is 2. The molecule has 0 saturated heterocycles. The first-order valence-electron chi connectivity index (χ1n) is 9.29. The molecule has 0 radical (unpaired) electrons. The maximum Gasteiger partial charge on any atom is 0.192 e. The Balaban J connectivity index is 0.000000166. The minimum absolute atomic E-state index is 0.0162. The van der Waals surface area contributed by atoms with Crippen LogP contribution < -0.4 is 16.2 Å². The van der Waals surface area contributed by atoms with Crippen LogP contribution in [0.15, 0.2) is 119 Å². The Morgan fingerprint density at radius 1 is 0.710 bits per heavy atom. The predicted molar refractivity (Wildman–Crippen MR) is 130 cm³/mol. The van der Waals surface area contributed by atoms with Crippen LogP contribution in [0.3, 0.4) is 0 Å². The van der Waals surface area contributed by atoms with Gasteiger partial charge in [-0.3, -0.25) is 10.2 Å². The Bertz CT molecular complexity index is 1460. The van der Waals surface area contributed by atoms with Crippen LogP contribution in [0.25, 0.3) is 21.9 Å². The van der Waals surface area contributed by atoms with Crippen LogP contribution in [0.5, 0.6) is 0 Å². The van der Waals surface area contributed by atoms with E-state index in [-0.39, 0.29) is 5.43 Å². The van der Waals surface area contributed by atoms with E-state index in [0.717, 1.165) is 31.0 Å². The lowest BCUT2D eigenvalue weighted by Gasteiger charge is -2.01. The molecular formula is C24H16Br2N2O3. The SMILES string of the molecule is Brc1ccc2occc(=NNc3ccccc3)c2c1.O=c1ccoc2ccc(Br)cc12. The minimum Gasteiger partial charge on any atom is -0.464 e. The largest absolute Gasteiger partial charge is 0.464 e. The van der Waals surface area contributed by atoms with Gasteiger partial charge >= 0.3 is 0 Å². The van der Waals surface area contributed by atoms with Crippen LogP contribution in [0.1, 0.15) is 0 Å². The van der Waals surface area contributed by atoms with Gasteiger partial charge in [0.1, 0.15) is 11.2 Å². The van der Waals surface area contributed by atoms with Crippen molar-refractivity contribution in [2.24, 2.45) is 5.10 Å². The summed E-state index contributed by atoms with van der Waals surface area (Å²) in [6.45, 7) is 0. The number of nitrogens with one attached hydrogen (secondary N) is 1. The van der Waals surface area contributed by atoms with Gasteiger partial charge in [0.05, 0.1) is 29.0 Å². The van der Waals surface area contributed by atoms with Crippen LogP contribution >= 0.6 is 31.9 Å². The van der Waals surface area contributed by atoms with Gasteiger partial charge in [-0.25, -0.2) is 0 Å². The highest BCUT2D eigenvalue weighted by Gasteiger charge is 2.00. The van der Waals surface area contributed by atoms with Crippen molar-refractivity contribution in [3.05, 3.63) is 116 Å². The number of fused-ring (bicyclic) bond motifs is 2. The summed E-state index contributed by atoms with van der Waals surface area (Å²) in [6, 6.07) is 24.3. The summed E-state index contributed by atoms with van der Waals surface area (Å²) < 4.78 is 12.5. The molecule has 7 heteroatoms. The molecule has 0 fully saturated rings. The number of para-hydroxylation sites is 1. The highest BCUT2D eigenvalue weighted by Crippen LogP contribution is 2.17. The smallest absolute Gasteiger partial charge is 0.192 e. The van der Waals surface area contributed by atoms with Crippen LogP contribution in [0, 0.1) is 0 Å². The molecule has 5 aromatic rings. The van der Waals surface area contributed by atoms with E-state index < -0.39 is 0 Å². The van der Waals surface area contributed by atoms with Gasteiger partial charge in [-0.05, 0) is 48.5 Å². The molecule has 1 N–H and O–H groups in total. The van der Waals surface area contributed by atoms with Crippen molar-refractivity contribution >= 4 is 59.5 Å². The second-order valence-electron chi connectivity index (χ2n) is 6.46. The van der Waals surface area contributed by atoms with Crippen molar-refractivity contribution in [2.45, 2.75) is 0 Å². The lowest BCUT2D eigenvalue weighted by molar-refractivity contribution is 0.601. The lowest BCUT2D eigenvalue weighted by Crippen LogP contribution is -2.05. The summed E-state index contributed by atoms with van der Waals surface area (Å²) in [5.41, 5.74) is 5.40. The monoisotopic (exact) mass is 538 g/mol. The molecule has 2 aromatic heterocycles.